The summed E-state index contributed by atoms with van der Waals surface area (Å²) in [5.41, 5.74) is 0.698. The van der Waals surface area contributed by atoms with Crippen molar-refractivity contribution in [3.8, 4) is 0 Å². The fourth-order valence-corrected chi connectivity index (χ4v) is 2.54. The molecule has 0 fully saturated rings. The molecule has 8 heteroatoms. The zero-order valence-corrected chi connectivity index (χ0v) is 10.9. The van der Waals surface area contributed by atoms with Crippen molar-refractivity contribution in [1.82, 2.24) is 20.3 Å². The molecule has 0 spiro atoms. The molecule has 1 unspecified atom stereocenters. The normalized spacial score (nSPS) is 12.3. The number of aromatic nitrogens is 3. The van der Waals surface area contributed by atoms with Crippen LogP contribution < -0.4 is 5.32 Å². The highest BCUT2D eigenvalue weighted by atomic mass is 32.2. The van der Waals surface area contributed by atoms with Crippen LogP contribution in [0.4, 0.5) is 0 Å². The Labute approximate surface area is 112 Å². The van der Waals surface area contributed by atoms with Gasteiger partial charge in [-0.1, -0.05) is 0 Å². The average molecular weight is 280 g/mol. The molecule has 0 radical (unpaired) electrons. The number of aliphatic carboxylic acids is 1. The zero-order chi connectivity index (χ0) is 13.8. The summed E-state index contributed by atoms with van der Waals surface area (Å²) in [5, 5.41) is 12.9. The highest BCUT2D eigenvalue weighted by molar-refractivity contribution is 7.99. The van der Waals surface area contributed by atoms with Crippen molar-refractivity contribution in [2.24, 2.45) is 0 Å². The van der Waals surface area contributed by atoms with Crippen LogP contribution >= 0.6 is 11.8 Å². The van der Waals surface area contributed by atoms with Crippen LogP contribution in [-0.2, 0) is 9.59 Å². The number of fused-ring (bicyclic) bond motifs is 1. The van der Waals surface area contributed by atoms with E-state index in [-0.39, 0.29) is 11.7 Å². The van der Waals surface area contributed by atoms with Gasteiger partial charge < -0.3 is 15.4 Å². The van der Waals surface area contributed by atoms with Gasteiger partial charge in [0.15, 0.2) is 0 Å². The summed E-state index contributed by atoms with van der Waals surface area (Å²) in [6.07, 6.45) is 3.15. The lowest BCUT2D eigenvalue weighted by Gasteiger charge is -2.12. The topological polar surface area (TPSA) is 108 Å². The van der Waals surface area contributed by atoms with Crippen LogP contribution in [0.3, 0.4) is 0 Å². The predicted molar refractivity (Wildman–Crippen MR) is 69.9 cm³/mol. The molecular formula is C11H12N4O3S. The first-order valence-electron chi connectivity index (χ1n) is 5.48. The zero-order valence-electron chi connectivity index (χ0n) is 10.1. The molecule has 0 saturated heterocycles. The van der Waals surface area contributed by atoms with Crippen molar-refractivity contribution in [2.45, 2.75) is 18.0 Å². The van der Waals surface area contributed by atoms with Crippen molar-refractivity contribution < 1.29 is 14.7 Å². The van der Waals surface area contributed by atoms with E-state index in [0.717, 1.165) is 5.39 Å². The van der Waals surface area contributed by atoms with Crippen molar-refractivity contribution in [1.29, 1.82) is 0 Å². The molecular weight excluding hydrogens is 268 g/mol. The molecule has 2 rings (SSSR count). The lowest BCUT2D eigenvalue weighted by Crippen LogP contribution is -2.41. The molecule has 0 aliphatic rings. The summed E-state index contributed by atoms with van der Waals surface area (Å²) in [7, 11) is 0. The molecule has 0 aromatic carbocycles. The Hall–Kier alpha value is -2.09. The Morgan fingerprint density at radius 3 is 3.00 bits per heavy atom. The standard InChI is InChI=1S/C11H12N4O3S/c1-6(16)15-8(11(17)18)4-19-10-7-2-3-12-9(7)13-5-14-10/h2-3,5,8H,4H2,1H3,(H,15,16)(H,17,18)(H,12,13,14). The Kier molecular flexibility index (Phi) is 4.00. The molecule has 0 aliphatic carbocycles. The quantitative estimate of drug-likeness (QED) is 0.548. The van der Waals surface area contributed by atoms with E-state index in [0.29, 0.717) is 10.7 Å². The number of nitrogens with zero attached hydrogens (tertiary/aromatic N) is 2. The Morgan fingerprint density at radius 1 is 1.53 bits per heavy atom. The SMILES string of the molecule is CC(=O)NC(CSc1ncnc2[nH]ccc12)C(=O)O. The number of carbonyl (C=O) groups is 2. The Bertz CT molecular complexity index is 613. The van der Waals surface area contributed by atoms with E-state index in [9.17, 15) is 9.59 Å². The number of rotatable bonds is 5. The third kappa shape index (κ3) is 3.22. The lowest BCUT2D eigenvalue weighted by atomic mass is 10.3. The van der Waals surface area contributed by atoms with Crippen LogP contribution in [0.25, 0.3) is 11.0 Å². The number of amides is 1. The van der Waals surface area contributed by atoms with Crippen LogP contribution in [0, 0.1) is 0 Å². The van der Waals surface area contributed by atoms with E-state index < -0.39 is 12.0 Å². The van der Waals surface area contributed by atoms with E-state index in [1.807, 2.05) is 6.07 Å². The van der Waals surface area contributed by atoms with E-state index in [4.69, 9.17) is 5.11 Å². The third-order valence-electron chi connectivity index (χ3n) is 2.38. The molecule has 7 nitrogen and oxygen atoms in total. The monoisotopic (exact) mass is 280 g/mol. The van der Waals surface area contributed by atoms with Gasteiger partial charge in [0.05, 0.1) is 5.39 Å². The summed E-state index contributed by atoms with van der Waals surface area (Å²) in [5.74, 6) is -1.24. The summed E-state index contributed by atoms with van der Waals surface area (Å²) in [6, 6.07) is 0.887. The second-order valence-corrected chi connectivity index (χ2v) is 4.83. The first kappa shape index (κ1) is 13.3. The number of aromatic amines is 1. The second-order valence-electron chi connectivity index (χ2n) is 3.82. The number of nitrogens with one attached hydrogen (secondary N) is 2. The van der Waals surface area contributed by atoms with Gasteiger partial charge in [0, 0.05) is 18.9 Å². The highest BCUT2D eigenvalue weighted by Gasteiger charge is 2.19. The number of hydrogen-bond donors (Lipinski definition) is 3. The fourth-order valence-electron chi connectivity index (χ4n) is 1.55. The summed E-state index contributed by atoms with van der Waals surface area (Å²) >= 11 is 1.27. The van der Waals surface area contributed by atoms with Crippen LogP contribution in [0.5, 0.6) is 0 Å². The Morgan fingerprint density at radius 2 is 2.32 bits per heavy atom. The minimum atomic E-state index is -1.07. The van der Waals surface area contributed by atoms with Crippen LogP contribution in [0.2, 0.25) is 0 Å². The predicted octanol–water partition coefficient (Wildman–Crippen LogP) is 0.639. The summed E-state index contributed by atoms with van der Waals surface area (Å²) < 4.78 is 0. The summed E-state index contributed by atoms with van der Waals surface area (Å²) in [4.78, 5) is 33.0. The average Bonchev–Trinajstić information content (AvgIpc) is 2.82. The van der Waals surface area contributed by atoms with Crippen LogP contribution in [-0.4, -0.2) is 43.7 Å². The smallest absolute Gasteiger partial charge is 0.327 e. The van der Waals surface area contributed by atoms with E-state index in [1.54, 1.807) is 6.20 Å². The maximum absolute atomic E-state index is 11.0. The first-order valence-corrected chi connectivity index (χ1v) is 6.47. The number of carboxylic acids is 1. The molecule has 1 atom stereocenters. The number of carbonyl (C=O) groups excluding carboxylic acids is 1. The molecule has 0 saturated carbocycles. The van der Waals surface area contributed by atoms with Gasteiger partial charge in [0.25, 0.3) is 0 Å². The van der Waals surface area contributed by atoms with E-state index in [1.165, 1.54) is 25.0 Å². The van der Waals surface area contributed by atoms with Gasteiger partial charge in [-0.2, -0.15) is 0 Å². The first-order chi connectivity index (χ1) is 9.08. The van der Waals surface area contributed by atoms with Gasteiger partial charge in [0.1, 0.15) is 23.0 Å². The van der Waals surface area contributed by atoms with Crippen molar-refractivity contribution in [3.05, 3.63) is 18.6 Å². The molecule has 2 heterocycles. The van der Waals surface area contributed by atoms with Gasteiger partial charge in [-0.05, 0) is 6.07 Å². The van der Waals surface area contributed by atoms with Crippen molar-refractivity contribution in [3.63, 3.8) is 0 Å². The third-order valence-corrected chi connectivity index (χ3v) is 3.48. The van der Waals surface area contributed by atoms with Crippen LogP contribution in [0.15, 0.2) is 23.6 Å². The van der Waals surface area contributed by atoms with Gasteiger partial charge >= 0.3 is 5.97 Å². The molecule has 2 aromatic heterocycles. The summed E-state index contributed by atoms with van der Waals surface area (Å²) in [6.45, 7) is 1.29. The van der Waals surface area contributed by atoms with E-state index >= 15 is 0 Å². The van der Waals surface area contributed by atoms with Crippen molar-refractivity contribution in [2.75, 3.05) is 5.75 Å². The molecule has 100 valence electrons. The maximum Gasteiger partial charge on any atom is 0.327 e. The molecule has 3 N–H and O–H groups in total. The number of hydrogen-bond acceptors (Lipinski definition) is 5. The number of carboxylic acid groups (broad SMARTS) is 1. The Balaban J connectivity index is 2.10. The second kappa shape index (κ2) is 5.70. The van der Waals surface area contributed by atoms with E-state index in [2.05, 4.69) is 20.3 Å². The van der Waals surface area contributed by atoms with Gasteiger partial charge in [-0.3, -0.25) is 4.79 Å². The van der Waals surface area contributed by atoms with Gasteiger partial charge in [-0.25, -0.2) is 14.8 Å². The molecule has 0 bridgehead atoms. The highest BCUT2D eigenvalue weighted by Crippen LogP contribution is 2.24. The van der Waals surface area contributed by atoms with Crippen LogP contribution in [0.1, 0.15) is 6.92 Å². The largest absolute Gasteiger partial charge is 0.480 e. The molecule has 0 aliphatic heterocycles. The number of H-pyrrole nitrogens is 1. The maximum atomic E-state index is 11.0. The fraction of sp³-hybridized carbons (Fsp3) is 0.273. The molecule has 1 amide bonds. The van der Waals surface area contributed by atoms with Crippen molar-refractivity contribution >= 4 is 34.7 Å². The minimum absolute atomic E-state index is 0.201. The molecule has 2 aromatic rings. The number of thioether (sulfide) groups is 1. The lowest BCUT2D eigenvalue weighted by molar-refractivity contribution is -0.140. The minimum Gasteiger partial charge on any atom is -0.480 e. The molecule has 19 heavy (non-hydrogen) atoms. The van der Waals surface area contributed by atoms with Gasteiger partial charge in [-0.15, -0.1) is 11.8 Å². The van der Waals surface area contributed by atoms with Gasteiger partial charge in [0.2, 0.25) is 5.91 Å².